The topological polar surface area (TPSA) is 61.4 Å². The summed E-state index contributed by atoms with van der Waals surface area (Å²) in [4.78, 5) is 11.9. The van der Waals surface area contributed by atoms with Gasteiger partial charge < -0.3 is 15.7 Å². The molecule has 0 saturated carbocycles. The maximum Gasteiger partial charge on any atom is 0.241 e. The molecule has 1 heterocycles. The van der Waals surface area contributed by atoms with Crippen LogP contribution in [0.3, 0.4) is 0 Å². The summed E-state index contributed by atoms with van der Waals surface area (Å²) in [6.45, 7) is 2.39. The van der Waals surface area contributed by atoms with E-state index in [4.69, 9.17) is 11.6 Å². The molecular formula is C12H16Cl2N2O2. The van der Waals surface area contributed by atoms with Gasteiger partial charge in [-0.25, -0.2) is 0 Å². The minimum Gasteiger partial charge on any atom is -0.392 e. The van der Waals surface area contributed by atoms with E-state index in [1.807, 2.05) is 13.0 Å². The lowest BCUT2D eigenvalue weighted by molar-refractivity contribution is -0.117. The van der Waals surface area contributed by atoms with E-state index in [-0.39, 0.29) is 24.4 Å². The summed E-state index contributed by atoms with van der Waals surface area (Å²) in [6, 6.07) is 5.12. The third-order valence-electron chi connectivity index (χ3n) is 2.81. The van der Waals surface area contributed by atoms with Crippen LogP contribution in [-0.4, -0.2) is 29.7 Å². The Hall–Kier alpha value is -0.810. The van der Waals surface area contributed by atoms with Crippen LogP contribution in [0.25, 0.3) is 0 Å². The van der Waals surface area contributed by atoms with Crippen LogP contribution in [0.2, 0.25) is 5.02 Å². The second kappa shape index (κ2) is 6.38. The number of amides is 1. The van der Waals surface area contributed by atoms with Gasteiger partial charge in [0.2, 0.25) is 5.91 Å². The van der Waals surface area contributed by atoms with Crippen molar-refractivity contribution in [3.05, 3.63) is 28.8 Å². The Morgan fingerprint density at radius 2 is 2.28 bits per heavy atom. The Morgan fingerprint density at radius 1 is 1.56 bits per heavy atom. The quantitative estimate of drug-likeness (QED) is 0.777. The van der Waals surface area contributed by atoms with Crippen molar-refractivity contribution in [2.45, 2.75) is 25.5 Å². The molecule has 0 bridgehead atoms. The van der Waals surface area contributed by atoms with Crippen LogP contribution in [-0.2, 0) is 4.79 Å². The maximum absolute atomic E-state index is 11.9. The lowest BCUT2D eigenvalue weighted by Crippen LogP contribution is -2.35. The second-order valence-corrected chi connectivity index (χ2v) is 4.73. The summed E-state index contributed by atoms with van der Waals surface area (Å²) in [5.41, 5.74) is 1.65. The van der Waals surface area contributed by atoms with Gasteiger partial charge in [0, 0.05) is 6.54 Å². The molecule has 1 aliphatic heterocycles. The summed E-state index contributed by atoms with van der Waals surface area (Å²) in [6.07, 6.45) is -0.00535. The number of rotatable bonds is 2. The minimum absolute atomic E-state index is 0. The predicted octanol–water partition coefficient (Wildman–Crippen LogP) is 1.73. The highest BCUT2D eigenvalue weighted by Gasteiger charge is 2.28. The zero-order valence-corrected chi connectivity index (χ0v) is 11.5. The molecule has 1 fully saturated rings. The van der Waals surface area contributed by atoms with Crippen molar-refractivity contribution < 1.29 is 9.90 Å². The van der Waals surface area contributed by atoms with Gasteiger partial charge >= 0.3 is 0 Å². The van der Waals surface area contributed by atoms with E-state index < -0.39 is 6.10 Å². The molecule has 1 amide bonds. The van der Waals surface area contributed by atoms with Gasteiger partial charge in [0.05, 0.1) is 22.9 Å². The summed E-state index contributed by atoms with van der Waals surface area (Å²) in [5, 5.41) is 15.6. The molecule has 18 heavy (non-hydrogen) atoms. The monoisotopic (exact) mass is 290 g/mol. The molecule has 2 atom stereocenters. The fourth-order valence-corrected chi connectivity index (χ4v) is 2.14. The van der Waals surface area contributed by atoms with Crippen LogP contribution in [0.1, 0.15) is 12.0 Å². The molecule has 1 aliphatic rings. The molecule has 1 saturated heterocycles. The highest BCUT2D eigenvalue weighted by atomic mass is 35.5. The molecule has 0 spiro atoms. The number of hydrogen-bond acceptors (Lipinski definition) is 3. The number of aryl methyl sites for hydroxylation is 1. The van der Waals surface area contributed by atoms with E-state index in [0.717, 1.165) is 5.56 Å². The fraction of sp³-hybridized carbons (Fsp3) is 0.417. The average Bonchev–Trinajstić information content (AvgIpc) is 2.69. The molecule has 1 aromatic carbocycles. The Balaban J connectivity index is 0.00000162. The highest BCUT2D eigenvalue weighted by molar-refractivity contribution is 6.33. The van der Waals surface area contributed by atoms with Crippen LogP contribution in [0.15, 0.2) is 18.2 Å². The number of anilines is 1. The van der Waals surface area contributed by atoms with E-state index in [2.05, 4.69) is 10.6 Å². The SMILES string of the molecule is Cc1ccc(NC(=O)C2CC(O)CN2)c(Cl)c1.Cl. The van der Waals surface area contributed by atoms with E-state index in [1.54, 1.807) is 12.1 Å². The van der Waals surface area contributed by atoms with Gasteiger partial charge in [-0.15, -0.1) is 12.4 Å². The van der Waals surface area contributed by atoms with Crippen molar-refractivity contribution in [2.24, 2.45) is 0 Å². The Kier molecular flexibility index (Phi) is 5.41. The first-order valence-electron chi connectivity index (χ1n) is 5.54. The van der Waals surface area contributed by atoms with Gasteiger partial charge in [-0.2, -0.15) is 0 Å². The van der Waals surface area contributed by atoms with E-state index in [9.17, 15) is 9.90 Å². The number of nitrogens with one attached hydrogen (secondary N) is 2. The van der Waals surface area contributed by atoms with Gasteiger partial charge in [-0.3, -0.25) is 4.79 Å². The normalized spacial score (nSPS) is 22.4. The standard InChI is InChI=1S/C12H15ClN2O2.ClH/c1-7-2-3-10(9(13)4-7)15-12(17)11-5-8(16)6-14-11;/h2-4,8,11,14,16H,5-6H2,1H3,(H,15,17);1H. The Morgan fingerprint density at radius 3 is 2.83 bits per heavy atom. The van der Waals surface area contributed by atoms with Crippen molar-refractivity contribution in [1.82, 2.24) is 5.32 Å². The van der Waals surface area contributed by atoms with Crippen molar-refractivity contribution in [1.29, 1.82) is 0 Å². The first kappa shape index (κ1) is 15.2. The average molecular weight is 291 g/mol. The lowest BCUT2D eigenvalue weighted by Gasteiger charge is -2.12. The van der Waals surface area contributed by atoms with Gasteiger partial charge in [0.15, 0.2) is 0 Å². The summed E-state index contributed by atoms with van der Waals surface area (Å²) in [7, 11) is 0. The van der Waals surface area contributed by atoms with Gasteiger partial charge in [0.25, 0.3) is 0 Å². The van der Waals surface area contributed by atoms with Crippen molar-refractivity contribution >= 4 is 35.6 Å². The zero-order valence-electron chi connectivity index (χ0n) is 9.94. The summed E-state index contributed by atoms with van der Waals surface area (Å²) in [5.74, 6) is -0.160. The molecule has 0 aromatic heterocycles. The van der Waals surface area contributed by atoms with Gasteiger partial charge in [-0.1, -0.05) is 17.7 Å². The number of hydrogen-bond donors (Lipinski definition) is 3. The molecule has 100 valence electrons. The number of halogens is 2. The molecule has 3 N–H and O–H groups in total. The Labute approximate surface area is 117 Å². The molecule has 0 aliphatic carbocycles. The lowest BCUT2D eigenvalue weighted by atomic mass is 10.2. The molecule has 0 radical (unpaired) electrons. The zero-order chi connectivity index (χ0) is 12.4. The van der Waals surface area contributed by atoms with Gasteiger partial charge in [0.1, 0.15) is 0 Å². The molecule has 1 aromatic rings. The van der Waals surface area contributed by atoms with E-state index in [1.165, 1.54) is 0 Å². The number of carbonyl (C=O) groups is 1. The minimum atomic E-state index is -0.445. The number of β-amino-alcohol motifs (C(OH)–C–C–N with tert-alkyl or cyclic N) is 1. The number of aliphatic hydroxyl groups excluding tert-OH is 1. The highest BCUT2D eigenvalue weighted by Crippen LogP contribution is 2.23. The summed E-state index contributed by atoms with van der Waals surface area (Å²) >= 11 is 6.02. The van der Waals surface area contributed by atoms with Crippen LogP contribution >= 0.6 is 24.0 Å². The van der Waals surface area contributed by atoms with Crippen molar-refractivity contribution in [3.8, 4) is 0 Å². The predicted molar refractivity (Wildman–Crippen MR) is 74.5 cm³/mol. The summed E-state index contributed by atoms with van der Waals surface area (Å²) < 4.78 is 0. The Bertz CT molecular complexity index is 440. The van der Waals surface area contributed by atoms with Crippen LogP contribution in [0.4, 0.5) is 5.69 Å². The second-order valence-electron chi connectivity index (χ2n) is 4.32. The van der Waals surface area contributed by atoms with Gasteiger partial charge in [-0.05, 0) is 31.0 Å². The van der Waals surface area contributed by atoms with E-state index in [0.29, 0.717) is 23.7 Å². The number of carbonyl (C=O) groups excluding carboxylic acids is 1. The first-order chi connectivity index (χ1) is 8.06. The first-order valence-corrected chi connectivity index (χ1v) is 5.92. The van der Waals surface area contributed by atoms with Crippen LogP contribution in [0, 0.1) is 6.92 Å². The molecule has 2 rings (SSSR count). The fourth-order valence-electron chi connectivity index (χ4n) is 1.86. The molecule has 2 unspecified atom stereocenters. The number of aliphatic hydroxyl groups is 1. The molecule has 4 nitrogen and oxygen atoms in total. The van der Waals surface area contributed by atoms with Crippen LogP contribution in [0.5, 0.6) is 0 Å². The smallest absolute Gasteiger partial charge is 0.241 e. The maximum atomic E-state index is 11.9. The molecular weight excluding hydrogens is 275 g/mol. The van der Waals surface area contributed by atoms with E-state index >= 15 is 0 Å². The van der Waals surface area contributed by atoms with Crippen LogP contribution < -0.4 is 10.6 Å². The largest absolute Gasteiger partial charge is 0.392 e. The molecule has 6 heteroatoms. The number of benzene rings is 1. The van der Waals surface area contributed by atoms with Crippen molar-refractivity contribution in [3.63, 3.8) is 0 Å². The third-order valence-corrected chi connectivity index (χ3v) is 3.12. The third kappa shape index (κ3) is 3.59. The van der Waals surface area contributed by atoms with Crippen molar-refractivity contribution in [2.75, 3.05) is 11.9 Å².